The van der Waals surface area contributed by atoms with E-state index in [0.29, 0.717) is 0 Å². The van der Waals surface area contributed by atoms with Gasteiger partial charge in [-0.2, -0.15) is 0 Å². The van der Waals surface area contributed by atoms with Crippen LogP contribution in [0.4, 0.5) is 0 Å². The smallest absolute Gasteiger partial charge is 0.00376 e. The Morgan fingerprint density at radius 1 is 1.27 bits per heavy atom. The zero-order valence-electron chi connectivity index (χ0n) is 10.5. The summed E-state index contributed by atoms with van der Waals surface area (Å²) in [4.78, 5) is 0. The summed E-state index contributed by atoms with van der Waals surface area (Å²) in [6, 6.07) is 0. The molecule has 0 heterocycles. The van der Waals surface area contributed by atoms with Crippen molar-refractivity contribution in [1.82, 2.24) is 0 Å². The van der Waals surface area contributed by atoms with Crippen molar-refractivity contribution >= 4 is 0 Å². The van der Waals surface area contributed by atoms with Gasteiger partial charge in [0.1, 0.15) is 0 Å². The van der Waals surface area contributed by atoms with Gasteiger partial charge < -0.3 is 0 Å². The van der Waals surface area contributed by atoms with Gasteiger partial charge in [0.05, 0.1) is 0 Å². The molecule has 0 saturated heterocycles. The quantitative estimate of drug-likeness (QED) is 0.304. The Morgan fingerprint density at radius 2 is 1.93 bits per heavy atom. The Bertz CT molecular complexity index is 272. The lowest BCUT2D eigenvalue weighted by Crippen LogP contribution is -1.84. The first-order valence-corrected chi connectivity index (χ1v) is 5.83. The first kappa shape index (κ1) is 14.0. The van der Waals surface area contributed by atoms with Crippen molar-refractivity contribution < 1.29 is 0 Å². The van der Waals surface area contributed by atoms with Crippen LogP contribution in [0, 0.1) is 0 Å². The summed E-state index contributed by atoms with van der Waals surface area (Å²) >= 11 is 0. The van der Waals surface area contributed by atoms with Gasteiger partial charge in [-0.1, -0.05) is 26.0 Å². The molecule has 0 nitrogen and oxygen atoms in total. The second-order valence-electron chi connectivity index (χ2n) is 4.10. The molecule has 0 aliphatic carbocycles. The summed E-state index contributed by atoms with van der Waals surface area (Å²) in [5.74, 6) is 0. The lowest BCUT2D eigenvalue weighted by Gasteiger charge is -2.03. The summed E-state index contributed by atoms with van der Waals surface area (Å²) in [7, 11) is 0. The van der Waals surface area contributed by atoms with Crippen molar-refractivity contribution in [3.63, 3.8) is 0 Å². The Morgan fingerprint density at radius 3 is 2.40 bits per heavy atom. The lowest BCUT2D eigenvalue weighted by atomic mass is 10.0. The van der Waals surface area contributed by atoms with Crippen molar-refractivity contribution in [2.24, 2.45) is 0 Å². The van der Waals surface area contributed by atoms with Crippen molar-refractivity contribution in [2.75, 3.05) is 0 Å². The highest BCUT2D eigenvalue weighted by Crippen LogP contribution is 2.15. The Balaban J connectivity index is 4.62. The minimum absolute atomic E-state index is 1.04. The van der Waals surface area contributed by atoms with Crippen LogP contribution < -0.4 is 0 Å². The van der Waals surface area contributed by atoms with Crippen molar-refractivity contribution in [1.29, 1.82) is 0 Å². The first-order chi connectivity index (χ1) is 7.11. The molecule has 0 radical (unpaired) electrons. The van der Waals surface area contributed by atoms with E-state index < -0.39 is 0 Å². The average molecular weight is 204 g/mol. The second-order valence-corrected chi connectivity index (χ2v) is 4.10. The number of hydrogen-bond acceptors (Lipinski definition) is 0. The van der Waals surface area contributed by atoms with E-state index in [4.69, 9.17) is 0 Å². The summed E-state index contributed by atoms with van der Waals surface area (Å²) in [6.07, 6.45) is 7.62. The number of unbranched alkanes of at least 4 members (excludes halogenated alkanes) is 1. The molecule has 0 bridgehead atoms. The standard InChI is InChI=1S/C15H24/c1-6-8-10-14(5)12-15(13(3)4)11-9-7-2/h6H,1,3,7-11H2,2,4-5H3. The molecule has 0 aromatic rings. The van der Waals surface area contributed by atoms with E-state index in [-0.39, 0.29) is 0 Å². The van der Waals surface area contributed by atoms with Gasteiger partial charge in [0.15, 0.2) is 0 Å². The summed E-state index contributed by atoms with van der Waals surface area (Å²) < 4.78 is 0. The summed E-state index contributed by atoms with van der Waals surface area (Å²) in [6.45, 7) is 14.2. The van der Waals surface area contributed by atoms with Crippen LogP contribution in [-0.4, -0.2) is 0 Å². The normalized spacial score (nSPS) is 9.27. The molecule has 15 heavy (non-hydrogen) atoms. The highest BCUT2D eigenvalue weighted by atomic mass is 14.0. The van der Waals surface area contributed by atoms with Gasteiger partial charge >= 0.3 is 0 Å². The predicted octanol–water partition coefficient (Wildman–Crippen LogP) is 5.19. The van der Waals surface area contributed by atoms with Crippen LogP contribution in [0.25, 0.3) is 0 Å². The molecule has 84 valence electrons. The van der Waals surface area contributed by atoms with Gasteiger partial charge in [0.25, 0.3) is 0 Å². The number of rotatable bonds is 7. The third-order valence-electron chi connectivity index (χ3n) is 2.38. The molecule has 0 saturated carbocycles. The summed E-state index contributed by atoms with van der Waals surface area (Å²) in [5, 5.41) is 0. The van der Waals surface area contributed by atoms with E-state index in [1.54, 1.807) is 0 Å². The van der Waals surface area contributed by atoms with Crippen LogP contribution in [0.1, 0.15) is 52.9 Å². The third kappa shape index (κ3) is 6.99. The van der Waals surface area contributed by atoms with Crippen LogP contribution >= 0.6 is 0 Å². The number of allylic oxidation sites excluding steroid dienone is 3. The molecule has 0 aliphatic rings. The molecule has 0 aromatic heterocycles. The van der Waals surface area contributed by atoms with Gasteiger partial charge in [-0.15, -0.1) is 12.3 Å². The van der Waals surface area contributed by atoms with Gasteiger partial charge in [0, 0.05) is 0 Å². The van der Waals surface area contributed by atoms with Gasteiger partial charge in [0.2, 0.25) is 0 Å². The highest BCUT2D eigenvalue weighted by molar-refractivity contribution is 5.27. The van der Waals surface area contributed by atoms with E-state index in [0.717, 1.165) is 24.8 Å². The largest absolute Gasteiger partial charge is 0.118 e. The SMILES string of the molecule is C=CCCC(C)=C=C(CCCC)C(=C)C. The molecular formula is C15H24. The van der Waals surface area contributed by atoms with Gasteiger partial charge in [-0.05, 0) is 56.3 Å². The van der Waals surface area contributed by atoms with Crippen LogP contribution in [-0.2, 0) is 0 Å². The first-order valence-electron chi connectivity index (χ1n) is 5.83. The molecule has 0 heteroatoms. The van der Waals surface area contributed by atoms with Crippen LogP contribution in [0.5, 0.6) is 0 Å². The molecular weight excluding hydrogens is 180 g/mol. The Labute approximate surface area is 95.1 Å². The summed E-state index contributed by atoms with van der Waals surface area (Å²) in [5.41, 5.74) is 7.23. The zero-order chi connectivity index (χ0) is 11.7. The fourth-order valence-corrected chi connectivity index (χ4v) is 1.37. The van der Waals surface area contributed by atoms with Crippen LogP contribution in [0.15, 0.2) is 41.7 Å². The van der Waals surface area contributed by atoms with Crippen molar-refractivity contribution in [3.8, 4) is 0 Å². The maximum Gasteiger partial charge on any atom is -0.00376 e. The molecule has 0 atom stereocenters. The van der Waals surface area contributed by atoms with Gasteiger partial charge in [-0.3, -0.25) is 0 Å². The minimum atomic E-state index is 1.04. The molecule has 0 N–H and O–H groups in total. The molecule has 0 spiro atoms. The molecule has 0 amide bonds. The fraction of sp³-hybridized carbons (Fsp3) is 0.533. The Kier molecular flexibility index (Phi) is 7.77. The molecule has 0 rings (SSSR count). The van der Waals surface area contributed by atoms with Crippen molar-refractivity contribution in [3.05, 3.63) is 41.7 Å². The average Bonchev–Trinajstić information content (AvgIpc) is 2.20. The molecule has 0 aromatic carbocycles. The predicted molar refractivity (Wildman–Crippen MR) is 70.0 cm³/mol. The highest BCUT2D eigenvalue weighted by Gasteiger charge is 1.97. The fourth-order valence-electron chi connectivity index (χ4n) is 1.37. The van der Waals surface area contributed by atoms with E-state index in [2.05, 4.69) is 39.7 Å². The monoisotopic (exact) mass is 204 g/mol. The molecule has 0 unspecified atom stereocenters. The lowest BCUT2D eigenvalue weighted by molar-refractivity contribution is 0.791. The molecule has 0 aliphatic heterocycles. The second kappa shape index (κ2) is 8.32. The third-order valence-corrected chi connectivity index (χ3v) is 2.38. The topological polar surface area (TPSA) is 0 Å². The molecule has 0 fully saturated rings. The van der Waals surface area contributed by atoms with E-state index in [1.165, 1.54) is 24.0 Å². The van der Waals surface area contributed by atoms with E-state index in [1.807, 2.05) is 6.08 Å². The minimum Gasteiger partial charge on any atom is -0.118 e. The van der Waals surface area contributed by atoms with E-state index in [9.17, 15) is 0 Å². The van der Waals surface area contributed by atoms with Crippen LogP contribution in [0.3, 0.4) is 0 Å². The number of hydrogen-bond donors (Lipinski definition) is 0. The van der Waals surface area contributed by atoms with Crippen LogP contribution in [0.2, 0.25) is 0 Å². The Hall–Kier alpha value is -1.00. The van der Waals surface area contributed by atoms with Gasteiger partial charge in [-0.25, -0.2) is 0 Å². The zero-order valence-corrected chi connectivity index (χ0v) is 10.5. The van der Waals surface area contributed by atoms with Crippen molar-refractivity contribution in [2.45, 2.75) is 52.9 Å². The van der Waals surface area contributed by atoms with E-state index >= 15 is 0 Å². The maximum atomic E-state index is 4.01. The maximum absolute atomic E-state index is 4.01.